The monoisotopic (exact) mass is 405 g/mol. The van der Waals surface area contributed by atoms with E-state index in [2.05, 4.69) is 0 Å². The van der Waals surface area contributed by atoms with Gasteiger partial charge >= 0.3 is 0 Å². The fourth-order valence-electron chi connectivity index (χ4n) is 3.72. The lowest BCUT2D eigenvalue weighted by molar-refractivity contribution is -0.385. The fraction of sp³-hybridized carbons (Fsp3) is 0.182. The number of hydroxylamine groups is 1. The highest BCUT2D eigenvalue weighted by atomic mass is 16.7. The Labute approximate surface area is 172 Å². The second-order valence-electron chi connectivity index (χ2n) is 7.13. The van der Waals surface area contributed by atoms with Gasteiger partial charge < -0.3 is 0 Å². The highest BCUT2D eigenvalue weighted by Crippen LogP contribution is 2.38. The molecule has 0 bridgehead atoms. The van der Waals surface area contributed by atoms with Crippen molar-refractivity contribution in [2.45, 2.75) is 25.0 Å². The Morgan fingerprint density at radius 1 is 0.867 bits per heavy atom. The van der Waals surface area contributed by atoms with Gasteiger partial charge in [-0.3, -0.25) is 25.1 Å². The fourth-order valence-corrected chi connectivity index (χ4v) is 3.72. The van der Waals surface area contributed by atoms with E-state index in [0.29, 0.717) is 18.5 Å². The van der Waals surface area contributed by atoms with Gasteiger partial charge in [0, 0.05) is 30.7 Å². The Hall–Kier alpha value is -3.78. The molecule has 1 saturated heterocycles. The van der Waals surface area contributed by atoms with Crippen LogP contribution in [0.1, 0.15) is 23.7 Å². The van der Waals surface area contributed by atoms with Crippen molar-refractivity contribution in [2.24, 2.45) is 0 Å². The van der Waals surface area contributed by atoms with Gasteiger partial charge in [0.15, 0.2) is 0 Å². The normalized spacial score (nSPS) is 18.3. The average Bonchev–Trinajstić information content (AvgIpc) is 3.18. The number of non-ortho nitro benzene ring substituents is 2. The molecule has 0 saturated carbocycles. The zero-order chi connectivity index (χ0) is 21.1. The first kappa shape index (κ1) is 19.5. The summed E-state index contributed by atoms with van der Waals surface area (Å²) in [5.41, 5.74) is 2.41. The largest absolute Gasteiger partial charge is 0.271 e. The molecule has 1 aliphatic rings. The number of nitro benzene ring substituents is 2. The van der Waals surface area contributed by atoms with E-state index in [-0.39, 0.29) is 23.5 Å². The van der Waals surface area contributed by atoms with E-state index in [0.717, 1.165) is 11.1 Å². The lowest BCUT2D eigenvalue weighted by atomic mass is 9.97. The van der Waals surface area contributed by atoms with Crippen LogP contribution in [0.5, 0.6) is 0 Å². The first-order valence-corrected chi connectivity index (χ1v) is 9.50. The standard InChI is InChI=1S/C22H19N3O5/c26-24(27)19-10-4-6-16(12-19)13-21-15-22(17-7-2-1-3-8-17)30-23(21)18-9-5-11-20(14-18)25(28)29/h1-12,14,21-22H,13,15H2/t21-,22-/m1/s1. The summed E-state index contributed by atoms with van der Waals surface area (Å²) in [5.74, 6) is 0. The number of hydrogen-bond acceptors (Lipinski definition) is 6. The maximum atomic E-state index is 11.2. The lowest BCUT2D eigenvalue weighted by Crippen LogP contribution is -2.29. The zero-order valence-corrected chi connectivity index (χ0v) is 16.0. The van der Waals surface area contributed by atoms with Crippen LogP contribution >= 0.6 is 0 Å². The molecule has 152 valence electrons. The SMILES string of the molecule is O=[N+]([O-])c1cccc(C[C@@H]2C[C@H](c3ccccc3)ON2c2cccc([N+](=O)[O-])c2)c1. The van der Waals surface area contributed by atoms with Gasteiger partial charge in [0.2, 0.25) is 0 Å². The quantitative estimate of drug-likeness (QED) is 0.423. The molecule has 0 aliphatic carbocycles. The minimum atomic E-state index is -0.441. The van der Waals surface area contributed by atoms with Gasteiger partial charge in [0.05, 0.1) is 21.6 Å². The van der Waals surface area contributed by atoms with Gasteiger partial charge in [-0.1, -0.05) is 48.5 Å². The summed E-state index contributed by atoms with van der Waals surface area (Å²) in [6.07, 6.45) is 0.942. The average molecular weight is 405 g/mol. The summed E-state index contributed by atoms with van der Waals surface area (Å²) in [7, 11) is 0. The molecule has 1 aliphatic heterocycles. The smallest absolute Gasteiger partial charge is 0.265 e. The minimum absolute atomic E-state index is 0.0200. The molecule has 2 atom stereocenters. The molecular formula is C22H19N3O5. The summed E-state index contributed by atoms with van der Waals surface area (Å²) in [4.78, 5) is 27.7. The number of nitro groups is 2. The Bertz CT molecular complexity index is 1070. The Balaban J connectivity index is 1.66. The van der Waals surface area contributed by atoms with Crippen LogP contribution in [0, 0.1) is 20.2 Å². The van der Waals surface area contributed by atoms with Crippen molar-refractivity contribution in [1.29, 1.82) is 0 Å². The van der Waals surface area contributed by atoms with Gasteiger partial charge in [0.1, 0.15) is 6.10 Å². The van der Waals surface area contributed by atoms with E-state index in [1.807, 2.05) is 36.4 Å². The zero-order valence-electron chi connectivity index (χ0n) is 16.0. The van der Waals surface area contributed by atoms with E-state index in [9.17, 15) is 20.2 Å². The summed E-state index contributed by atoms with van der Waals surface area (Å²) in [6.45, 7) is 0. The van der Waals surface area contributed by atoms with Gasteiger partial charge in [0.25, 0.3) is 11.4 Å². The number of nitrogens with zero attached hydrogens (tertiary/aromatic N) is 3. The second-order valence-corrected chi connectivity index (χ2v) is 7.13. The third-order valence-electron chi connectivity index (χ3n) is 5.12. The molecule has 0 radical (unpaired) electrons. The van der Waals surface area contributed by atoms with Crippen molar-refractivity contribution in [2.75, 3.05) is 5.06 Å². The maximum Gasteiger partial charge on any atom is 0.271 e. The number of anilines is 1. The van der Waals surface area contributed by atoms with Crippen LogP contribution in [0.25, 0.3) is 0 Å². The summed E-state index contributed by atoms with van der Waals surface area (Å²) < 4.78 is 0. The van der Waals surface area contributed by atoms with Gasteiger partial charge in [-0.25, -0.2) is 5.06 Å². The maximum absolute atomic E-state index is 11.2. The molecule has 0 aromatic heterocycles. The van der Waals surface area contributed by atoms with Crippen LogP contribution < -0.4 is 5.06 Å². The molecule has 30 heavy (non-hydrogen) atoms. The van der Waals surface area contributed by atoms with Crippen molar-refractivity contribution < 1.29 is 14.7 Å². The summed E-state index contributed by atoms with van der Waals surface area (Å²) in [6, 6.07) is 22.4. The van der Waals surface area contributed by atoms with Crippen molar-refractivity contribution >= 4 is 17.1 Å². The molecule has 4 rings (SSSR count). The molecule has 0 spiro atoms. The molecular weight excluding hydrogens is 386 g/mol. The highest BCUT2D eigenvalue weighted by Gasteiger charge is 2.35. The molecule has 1 fully saturated rings. The van der Waals surface area contributed by atoms with Gasteiger partial charge in [-0.15, -0.1) is 0 Å². The Kier molecular flexibility index (Phi) is 5.40. The van der Waals surface area contributed by atoms with Crippen molar-refractivity contribution in [3.8, 4) is 0 Å². The van der Waals surface area contributed by atoms with Crippen LogP contribution in [0.2, 0.25) is 0 Å². The van der Waals surface area contributed by atoms with E-state index < -0.39 is 9.85 Å². The molecule has 1 heterocycles. The summed E-state index contributed by atoms with van der Waals surface area (Å²) in [5, 5.41) is 24.0. The highest BCUT2D eigenvalue weighted by molar-refractivity contribution is 5.53. The minimum Gasteiger partial charge on any atom is -0.265 e. The van der Waals surface area contributed by atoms with E-state index in [1.54, 1.807) is 29.3 Å². The Morgan fingerprint density at radius 2 is 1.53 bits per heavy atom. The predicted molar refractivity (Wildman–Crippen MR) is 111 cm³/mol. The second kappa shape index (κ2) is 8.30. The molecule has 8 heteroatoms. The van der Waals surface area contributed by atoms with Gasteiger partial charge in [-0.05, 0) is 23.6 Å². The van der Waals surface area contributed by atoms with Crippen molar-refractivity contribution in [3.63, 3.8) is 0 Å². The predicted octanol–water partition coefficient (Wildman–Crippen LogP) is 5.00. The van der Waals surface area contributed by atoms with Crippen molar-refractivity contribution in [1.82, 2.24) is 0 Å². The Morgan fingerprint density at radius 3 is 2.23 bits per heavy atom. The molecule has 8 nitrogen and oxygen atoms in total. The topological polar surface area (TPSA) is 98.8 Å². The van der Waals surface area contributed by atoms with Gasteiger partial charge in [-0.2, -0.15) is 0 Å². The van der Waals surface area contributed by atoms with E-state index in [1.165, 1.54) is 18.2 Å². The third kappa shape index (κ3) is 4.13. The molecule has 0 N–H and O–H groups in total. The first-order chi connectivity index (χ1) is 14.5. The third-order valence-corrected chi connectivity index (χ3v) is 5.12. The van der Waals surface area contributed by atoms with Crippen LogP contribution in [0.3, 0.4) is 0 Å². The van der Waals surface area contributed by atoms with E-state index in [4.69, 9.17) is 4.84 Å². The van der Waals surface area contributed by atoms with Crippen LogP contribution in [0.15, 0.2) is 78.9 Å². The van der Waals surface area contributed by atoms with Crippen LogP contribution in [0.4, 0.5) is 17.1 Å². The van der Waals surface area contributed by atoms with Crippen LogP contribution in [-0.2, 0) is 11.3 Å². The number of benzene rings is 3. The van der Waals surface area contributed by atoms with E-state index >= 15 is 0 Å². The summed E-state index contributed by atoms with van der Waals surface area (Å²) >= 11 is 0. The van der Waals surface area contributed by atoms with Crippen LogP contribution in [-0.4, -0.2) is 15.9 Å². The molecule has 3 aromatic carbocycles. The molecule has 0 amide bonds. The number of rotatable bonds is 6. The number of hydrogen-bond donors (Lipinski definition) is 0. The molecule has 0 unspecified atom stereocenters. The van der Waals surface area contributed by atoms with Crippen molar-refractivity contribution in [3.05, 3.63) is 110 Å². The first-order valence-electron chi connectivity index (χ1n) is 9.50. The lowest BCUT2D eigenvalue weighted by Gasteiger charge is -2.24. The molecule has 3 aromatic rings.